The fourth-order valence-corrected chi connectivity index (χ4v) is 1.43. The van der Waals surface area contributed by atoms with Crippen LogP contribution in [-0.4, -0.2) is 16.2 Å². The van der Waals surface area contributed by atoms with Crippen molar-refractivity contribution in [3.63, 3.8) is 0 Å². The molecule has 0 saturated carbocycles. The maximum atomic E-state index is 5.21. The van der Waals surface area contributed by atoms with Gasteiger partial charge in [0.25, 0.3) is 0 Å². The zero-order chi connectivity index (χ0) is 7.97. The van der Waals surface area contributed by atoms with Gasteiger partial charge in [-0.1, -0.05) is 6.07 Å². The van der Waals surface area contributed by atoms with Crippen LogP contribution in [0, 0.1) is 0 Å². The molecular weight excluding hydrogens is 152 g/mol. The number of fused-ring (bicyclic) bond motifs is 1. The van der Waals surface area contributed by atoms with Crippen LogP contribution in [0.5, 0.6) is 0 Å². The highest BCUT2D eigenvalue weighted by Crippen LogP contribution is 2.32. The van der Waals surface area contributed by atoms with Crippen LogP contribution < -0.4 is 0 Å². The lowest BCUT2D eigenvalue weighted by molar-refractivity contribution is 0.417. The monoisotopic (exact) mass is 160 g/mol. The van der Waals surface area contributed by atoms with Crippen molar-refractivity contribution in [3.05, 3.63) is 36.2 Å². The lowest BCUT2D eigenvalue weighted by Crippen LogP contribution is -1.84. The van der Waals surface area contributed by atoms with E-state index in [1.54, 1.807) is 0 Å². The fraction of sp³-hybridized carbons (Fsp3) is 0.222. The van der Waals surface area contributed by atoms with Crippen LogP contribution in [0.4, 0.5) is 0 Å². The molecule has 0 radical (unpaired) electrons. The van der Waals surface area contributed by atoms with Crippen molar-refractivity contribution in [2.24, 2.45) is 0 Å². The minimum atomic E-state index is 0.296. The van der Waals surface area contributed by atoms with Gasteiger partial charge in [-0.2, -0.15) is 5.10 Å². The first kappa shape index (κ1) is 6.20. The molecule has 0 aliphatic carbocycles. The van der Waals surface area contributed by atoms with E-state index in [9.17, 15) is 0 Å². The molecule has 3 rings (SSSR count). The van der Waals surface area contributed by atoms with E-state index in [2.05, 4.69) is 11.2 Å². The quantitative estimate of drug-likeness (QED) is 0.590. The SMILES string of the molecule is c1ccn2ncc(C3CO3)c2c1. The van der Waals surface area contributed by atoms with E-state index >= 15 is 0 Å². The van der Waals surface area contributed by atoms with Crippen LogP contribution in [0.3, 0.4) is 0 Å². The van der Waals surface area contributed by atoms with Crippen molar-refractivity contribution in [2.45, 2.75) is 6.10 Å². The number of aromatic nitrogens is 2. The lowest BCUT2D eigenvalue weighted by Gasteiger charge is -1.92. The molecule has 3 nitrogen and oxygen atoms in total. The molecule has 1 aliphatic heterocycles. The smallest absolute Gasteiger partial charge is 0.110 e. The third-order valence-electron chi connectivity index (χ3n) is 2.14. The molecule has 1 aliphatic rings. The van der Waals surface area contributed by atoms with Crippen molar-refractivity contribution >= 4 is 5.52 Å². The Bertz CT molecular complexity index is 417. The Morgan fingerprint density at radius 1 is 1.50 bits per heavy atom. The highest BCUT2D eigenvalue weighted by Gasteiger charge is 2.27. The van der Waals surface area contributed by atoms with Crippen LogP contribution in [0.25, 0.3) is 5.52 Å². The van der Waals surface area contributed by atoms with Crippen LogP contribution in [0.2, 0.25) is 0 Å². The number of ether oxygens (including phenoxy) is 1. The summed E-state index contributed by atoms with van der Waals surface area (Å²) in [5.74, 6) is 0. The Balaban J connectivity index is 2.30. The van der Waals surface area contributed by atoms with Crippen LogP contribution >= 0.6 is 0 Å². The molecule has 0 amide bonds. The van der Waals surface area contributed by atoms with Gasteiger partial charge in [-0.15, -0.1) is 0 Å². The molecule has 3 heteroatoms. The van der Waals surface area contributed by atoms with E-state index in [1.807, 2.05) is 29.0 Å². The Labute approximate surface area is 69.6 Å². The minimum absolute atomic E-state index is 0.296. The van der Waals surface area contributed by atoms with Crippen molar-refractivity contribution < 1.29 is 4.74 Å². The summed E-state index contributed by atoms with van der Waals surface area (Å²) >= 11 is 0. The number of pyridine rings is 1. The van der Waals surface area contributed by atoms with E-state index in [-0.39, 0.29) is 0 Å². The van der Waals surface area contributed by atoms with Crippen molar-refractivity contribution in [3.8, 4) is 0 Å². The molecule has 0 N–H and O–H groups in total. The number of nitrogens with zero attached hydrogens (tertiary/aromatic N) is 2. The van der Waals surface area contributed by atoms with Gasteiger partial charge in [0.1, 0.15) is 6.10 Å². The van der Waals surface area contributed by atoms with Crippen LogP contribution in [0.15, 0.2) is 30.6 Å². The summed E-state index contributed by atoms with van der Waals surface area (Å²) in [5.41, 5.74) is 2.36. The third kappa shape index (κ3) is 0.769. The molecule has 60 valence electrons. The van der Waals surface area contributed by atoms with Crippen molar-refractivity contribution in [1.29, 1.82) is 0 Å². The second-order valence-electron chi connectivity index (χ2n) is 2.95. The molecule has 0 aromatic carbocycles. The first-order valence-corrected chi connectivity index (χ1v) is 3.99. The van der Waals surface area contributed by atoms with Gasteiger partial charge >= 0.3 is 0 Å². The topological polar surface area (TPSA) is 29.8 Å². The first-order chi connectivity index (χ1) is 5.95. The van der Waals surface area contributed by atoms with Gasteiger partial charge < -0.3 is 4.74 Å². The summed E-state index contributed by atoms with van der Waals surface area (Å²) in [6.45, 7) is 0.843. The zero-order valence-corrected chi connectivity index (χ0v) is 6.47. The average Bonchev–Trinajstić information content (AvgIpc) is 2.86. The zero-order valence-electron chi connectivity index (χ0n) is 6.47. The van der Waals surface area contributed by atoms with E-state index in [0.29, 0.717) is 6.10 Å². The Morgan fingerprint density at radius 2 is 2.42 bits per heavy atom. The van der Waals surface area contributed by atoms with E-state index in [4.69, 9.17) is 4.74 Å². The summed E-state index contributed by atoms with van der Waals surface area (Å²) < 4.78 is 7.08. The first-order valence-electron chi connectivity index (χ1n) is 3.99. The number of epoxide rings is 1. The molecular formula is C9H8N2O. The highest BCUT2D eigenvalue weighted by atomic mass is 16.6. The normalized spacial score (nSPS) is 21.5. The molecule has 12 heavy (non-hydrogen) atoms. The number of rotatable bonds is 1. The van der Waals surface area contributed by atoms with Gasteiger partial charge in [-0.25, -0.2) is 4.52 Å². The van der Waals surface area contributed by atoms with Gasteiger partial charge in [0, 0.05) is 11.8 Å². The van der Waals surface area contributed by atoms with Gasteiger partial charge in [0.05, 0.1) is 18.3 Å². The molecule has 1 saturated heterocycles. The highest BCUT2D eigenvalue weighted by molar-refractivity contribution is 5.55. The minimum Gasteiger partial charge on any atom is -0.368 e. The second kappa shape index (κ2) is 2.08. The standard InChI is InChI=1S/C9H8N2O/c1-2-4-11-8(3-1)7(5-10-11)9-6-12-9/h1-5,9H,6H2. The van der Waals surface area contributed by atoms with Crippen molar-refractivity contribution in [1.82, 2.24) is 9.61 Å². The lowest BCUT2D eigenvalue weighted by atomic mass is 10.2. The van der Waals surface area contributed by atoms with E-state index in [1.165, 1.54) is 5.56 Å². The summed E-state index contributed by atoms with van der Waals surface area (Å²) in [7, 11) is 0. The maximum Gasteiger partial charge on any atom is 0.110 e. The maximum absolute atomic E-state index is 5.21. The Kier molecular flexibility index (Phi) is 1.07. The molecule has 0 spiro atoms. The molecule has 2 aromatic rings. The predicted molar refractivity (Wildman–Crippen MR) is 43.9 cm³/mol. The van der Waals surface area contributed by atoms with Gasteiger partial charge in [0.2, 0.25) is 0 Å². The summed E-state index contributed by atoms with van der Waals surface area (Å²) in [5, 5.41) is 4.22. The van der Waals surface area contributed by atoms with Gasteiger partial charge in [-0.3, -0.25) is 0 Å². The average molecular weight is 160 g/mol. The summed E-state index contributed by atoms with van der Waals surface area (Å²) in [4.78, 5) is 0. The Morgan fingerprint density at radius 3 is 3.25 bits per heavy atom. The molecule has 3 heterocycles. The van der Waals surface area contributed by atoms with E-state index in [0.717, 1.165) is 12.1 Å². The van der Waals surface area contributed by atoms with Crippen LogP contribution in [0.1, 0.15) is 11.7 Å². The predicted octanol–water partition coefficient (Wildman–Crippen LogP) is 1.41. The van der Waals surface area contributed by atoms with Crippen molar-refractivity contribution in [2.75, 3.05) is 6.61 Å². The molecule has 1 atom stereocenters. The number of hydrogen-bond acceptors (Lipinski definition) is 2. The molecule has 1 fully saturated rings. The van der Waals surface area contributed by atoms with E-state index < -0.39 is 0 Å². The molecule has 0 bridgehead atoms. The second-order valence-corrected chi connectivity index (χ2v) is 2.95. The van der Waals surface area contributed by atoms with Crippen LogP contribution in [-0.2, 0) is 4.74 Å². The molecule has 2 aromatic heterocycles. The Hall–Kier alpha value is -1.35. The third-order valence-corrected chi connectivity index (χ3v) is 2.14. The summed E-state index contributed by atoms with van der Waals surface area (Å²) in [6, 6.07) is 6.05. The summed E-state index contributed by atoms with van der Waals surface area (Å²) in [6.07, 6.45) is 4.12. The largest absolute Gasteiger partial charge is 0.368 e. The van der Waals surface area contributed by atoms with Gasteiger partial charge in [-0.05, 0) is 12.1 Å². The molecule has 1 unspecified atom stereocenters. The number of hydrogen-bond donors (Lipinski definition) is 0. The fourth-order valence-electron chi connectivity index (χ4n) is 1.43. The van der Waals surface area contributed by atoms with Gasteiger partial charge in [0.15, 0.2) is 0 Å².